The lowest BCUT2D eigenvalue weighted by atomic mass is 9.81. The second kappa shape index (κ2) is 10.3. The molecule has 0 bridgehead atoms. The van der Waals surface area contributed by atoms with Crippen molar-refractivity contribution in [2.75, 3.05) is 0 Å². The third-order valence-electron chi connectivity index (χ3n) is 5.54. The van der Waals surface area contributed by atoms with Crippen LogP contribution in [0.15, 0.2) is 72.0 Å². The molecule has 0 spiro atoms. The van der Waals surface area contributed by atoms with Crippen LogP contribution in [0.1, 0.15) is 30.7 Å². The Labute approximate surface area is 216 Å². The first-order valence-electron chi connectivity index (χ1n) is 10.3. The SMILES string of the molecule is CC(C)(c1ccc(Cl)c(Cl)c1)c1cnc(SNCc2ccc(F)cc2Cl)n1-c1ccc(F)cc1. The highest BCUT2D eigenvalue weighted by Crippen LogP contribution is 2.37. The molecule has 0 saturated carbocycles. The first-order valence-corrected chi connectivity index (χ1v) is 12.2. The molecule has 9 heteroatoms. The standard InChI is InChI=1S/C25H20Cl3F2N3S/c1-25(2,16-4-10-20(26)22(28)11-16)23-14-31-24(33(23)19-8-6-17(29)7-9-19)34-32-13-15-3-5-18(30)12-21(15)27/h3-12,14,32H,13H2,1-2H3. The van der Waals surface area contributed by atoms with E-state index in [4.69, 9.17) is 34.8 Å². The number of rotatable bonds is 7. The maximum atomic E-state index is 13.7. The number of aromatic nitrogens is 2. The van der Waals surface area contributed by atoms with E-state index in [0.29, 0.717) is 26.8 Å². The molecule has 0 unspecified atom stereocenters. The van der Waals surface area contributed by atoms with Crippen molar-refractivity contribution in [1.29, 1.82) is 0 Å². The van der Waals surface area contributed by atoms with Crippen LogP contribution in [0.25, 0.3) is 5.69 Å². The number of hydrogen-bond acceptors (Lipinski definition) is 3. The lowest BCUT2D eigenvalue weighted by Crippen LogP contribution is -2.23. The van der Waals surface area contributed by atoms with Crippen LogP contribution >= 0.6 is 46.8 Å². The molecule has 4 aromatic rings. The molecule has 0 saturated heterocycles. The van der Waals surface area contributed by atoms with Gasteiger partial charge in [-0.1, -0.05) is 60.8 Å². The summed E-state index contributed by atoms with van der Waals surface area (Å²) in [5.41, 5.74) is 2.83. The van der Waals surface area contributed by atoms with Crippen LogP contribution in [0.4, 0.5) is 8.78 Å². The molecule has 0 aliphatic carbocycles. The minimum absolute atomic E-state index is 0.326. The fraction of sp³-hybridized carbons (Fsp3) is 0.160. The summed E-state index contributed by atoms with van der Waals surface area (Å²) < 4.78 is 32.2. The van der Waals surface area contributed by atoms with Gasteiger partial charge < -0.3 is 0 Å². The first kappa shape index (κ1) is 25.0. The van der Waals surface area contributed by atoms with E-state index in [1.54, 1.807) is 30.5 Å². The lowest BCUT2D eigenvalue weighted by Gasteiger charge is -2.27. The molecule has 0 atom stereocenters. The zero-order valence-corrected chi connectivity index (χ0v) is 21.3. The van der Waals surface area contributed by atoms with Crippen LogP contribution < -0.4 is 4.72 Å². The van der Waals surface area contributed by atoms with Crippen molar-refractivity contribution >= 4 is 46.8 Å². The highest BCUT2D eigenvalue weighted by atomic mass is 35.5. The summed E-state index contributed by atoms with van der Waals surface area (Å²) in [4.78, 5) is 4.63. The normalized spacial score (nSPS) is 11.7. The number of imidazole rings is 1. The van der Waals surface area contributed by atoms with Gasteiger partial charge in [-0.15, -0.1) is 0 Å². The summed E-state index contributed by atoms with van der Waals surface area (Å²) >= 11 is 19.9. The Hall–Kier alpha value is -2.09. The highest BCUT2D eigenvalue weighted by Gasteiger charge is 2.30. The van der Waals surface area contributed by atoms with Gasteiger partial charge in [-0.2, -0.15) is 0 Å². The van der Waals surface area contributed by atoms with Gasteiger partial charge in [-0.3, -0.25) is 9.29 Å². The Kier molecular flexibility index (Phi) is 7.55. The molecule has 0 aliphatic heterocycles. The monoisotopic (exact) mass is 537 g/mol. The van der Waals surface area contributed by atoms with Gasteiger partial charge >= 0.3 is 0 Å². The van der Waals surface area contributed by atoms with Gasteiger partial charge in [-0.05, 0) is 71.6 Å². The number of hydrogen-bond donors (Lipinski definition) is 1. The van der Waals surface area contributed by atoms with Crippen molar-refractivity contribution in [2.45, 2.75) is 31.0 Å². The number of halogens is 5. The third-order valence-corrected chi connectivity index (χ3v) is 7.39. The van der Waals surface area contributed by atoms with Crippen molar-refractivity contribution < 1.29 is 8.78 Å². The molecule has 3 nitrogen and oxygen atoms in total. The number of benzene rings is 3. The molecule has 0 amide bonds. The van der Waals surface area contributed by atoms with Crippen molar-refractivity contribution in [1.82, 2.24) is 14.3 Å². The molecule has 0 aliphatic rings. The summed E-state index contributed by atoms with van der Waals surface area (Å²) in [6, 6.07) is 16.0. The second-order valence-corrected chi connectivity index (χ2v) is 10.2. The first-order chi connectivity index (χ1) is 16.2. The van der Waals surface area contributed by atoms with Gasteiger partial charge in [0.25, 0.3) is 0 Å². The molecule has 1 aromatic heterocycles. The van der Waals surface area contributed by atoms with Crippen molar-refractivity contribution in [3.05, 3.63) is 110 Å². The molecule has 0 radical (unpaired) electrons. The smallest absolute Gasteiger partial charge is 0.188 e. The maximum Gasteiger partial charge on any atom is 0.188 e. The van der Waals surface area contributed by atoms with E-state index in [0.717, 1.165) is 22.5 Å². The van der Waals surface area contributed by atoms with E-state index >= 15 is 0 Å². The topological polar surface area (TPSA) is 29.9 Å². The summed E-state index contributed by atoms with van der Waals surface area (Å²) in [5.74, 6) is -0.713. The zero-order valence-electron chi connectivity index (χ0n) is 18.3. The van der Waals surface area contributed by atoms with Crippen LogP contribution in [0.3, 0.4) is 0 Å². The molecular weight excluding hydrogens is 519 g/mol. The molecule has 0 fully saturated rings. The van der Waals surface area contributed by atoms with E-state index in [1.807, 2.05) is 16.7 Å². The van der Waals surface area contributed by atoms with Crippen LogP contribution in [-0.4, -0.2) is 9.55 Å². The Balaban J connectivity index is 1.70. The third kappa shape index (κ3) is 5.26. The number of nitrogens with one attached hydrogen (secondary N) is 1. The summed E-state index contributed by atoms with van der Waals surface area (Å²) in [5, 5.41) is 1.94. The molecule has 4 rings (SSSR count). The van der Waals surface area contributed by atoms with Gasteiger partial charge in [0.1, 0.15) is 11.6 Å². The Morgan fingerprint density at radius 2 is 1.59 bits per heavy atom. The quantitative estimate of drug-likeness (QED) is 0.240. The van der Waals surface area contributed by atoms with E-state index < -0.39 is 5.41 Å². The van der Waals surface area contributed by atoms with Crippen LogP contribution in [0.5, 0.6) is 0 Å². The van der Waals surface area contributed by atoms with Crippen LogP contribution in [0, 0.1) is 11.6 Å². The zero-order chi connectivity index (χ0) is 24.5. The Morgan fingerprint density at radius 3 is 2.26 bits per heavy atom. The van der Waals surface area contributed by atoms with Crippen molar-refractivity contribution in [3.63, 3.8) is 0 Å². The van der Waals surface area contributed by atoms with E-state index in [1.165, 1.54) is 36.2 Å². The van der Waals surface area contributed by atoms with Gasteiger partial charge in [0.05, 0.1) is 21.9 Å². The minimum atomic E-state index is -0.505. The van der Waals surface area contributed by atoms with Crippen molar-refractivity contribution in [3.8, 4) is 5.69 Å². The van der Waals surface area contributed by atoms with Gasteiger partial charge in [0.2, 0.25) is 0 Å². The summed E-state index contributed by atoms with van der Waals surface area (Å²) in [7, 11) is 0. The Morgan fingerprint density at radius 1 is 0.882 bits per heavy atom. The summed E-state index contributed by atoms with van der Waals surface area (Å²) in [6.07, 6.45) is 1.79. The minimum Gasteiger partial charge on any atom is -0.290 e. The lowest BCUT2D eigenvalue weighted by molar-refractivity contribution is 0.591. The average molecular weight is 539 g/mol. The van der Waals surface area contributed by atoms with Crippen molar-refractivity contribution in [2.24, 2.45) is 0 Å². The molecule has 3 aromatic carbocycles. The van der Waals surface area contributed by atoms with Gasteiger partial charge in [-0.25, -0.2) is 13.8 Å². The molecule has 1 N–H and O–H groups in total. The second-order valence-electron chi connectivity index (χ2n) is 8.15. The van der Waals surface area contributed by atoms with E-state index in [-0.39, 0.29) is 11.6 Å². The van der Waals surface area contributed by atoms with E-state index in [2.05, 4.69) is 23.6 Å². The highest BCUT2D eigenvalue weighted by molar-refractivity contribution is 7.97. The van der Waals surface area contributed by atoms with Gasteiger partial charge in [0.15, 0.2) is 5.16 Å². The fourth-order valence-corrected chi connectivity index (χ4v) is 4.85. The maximum absolute atomic E-state index is 13.7. The predicted molar refractivity (Wildman–Crippen MR) is 136 cm³/mol. The summed E-state index contributed by atoms with van der Waals surface area (Å²) in [6.45, 7) is 4.51. The van der Waals surface area contributed by atoms with E-state index in [9.17, 15) is 8.78 Å². The van der Waals surface area contributed by atoms with Gasteiger partial charge in [0, 0.05) is 22.7 Å². The molecular formula is C25H20Cl3F2N3S. The molecule has 34 heavy (non-hydrogen) atoms. The average Bonchev–Trinajstić information content (AvgIpc) is 3.22. The number of nitrogens with zero attached hydrogens (tertiary/aromatic N) is 2. The molecule has 1 heterocycles. The largest absolute Gasteiger partial charge is 0.290 e. The van der Waals surface area contributed by atoms with Crippen LogP contribution in [-0.2, 0) is 12.0 Å². The predicted octanol–water partition coefficient (Wildman–Crippen LogP) is 8.23. The molecule has 176 valence electrons. The fourth-order valence-electron chi connectivity index (χ4n) is 3.56. The Bertz CT molecular complexity index is 1320. The van der Waals surface area contributed by atoms with Crippen LogP contribution in [0.2, 0.25) is 15.1 Å².